The third kappa shape index (κ3) is 3.63. The van der Waals surface area contributed by atoms with Gasteiger partial charge in [0.15, 0.2) is 0 Å². The number of aromatic nitrogens is 2. The number of hydrogen-bond donors (Lipinski definition) is 1. The fraction of sp³-hybridized carbons (Fsp3) is 0.556. The zero-order valence-corrected chi connectivity index (χ0v) is 15.3. The first kappa shape index (κ1) is 16.8. The van der Waals surface area contributed by atoms with Gasteiger partial charge >= 0.3 is 0 Å². The molecule has 2 fully saturated rings. The van der Waals surface area contributed by atoms with Gasteiger partial charge in [-0.15, -0.1) is 11.3 Å². The second-order valence-corrected chi connectivity index (χ2v) is 8.16. The molecule has 1 amide bonds. The summed E-state index contributed by atoms with van der Waals surface area (Å²) in [6.45, 7) is 4.34. The van der Waals surface area contributed by atoms with Gasteiger partial charge in [-0.3, -0.25) is 9.69 Å². The molecule has 0 aromatic carbocycles. The first-order valence-electron chi connectivity index (χ1n) is 8.78. The highest BCUT2D eigenvalue weighted by Gasteiger charge is 2.46. The molecule has 1 N–H and O–H groups in total. The summed E-state index contributed by atoms with van der Waals surface area (Å²) in [6, 6.07) is 3.73. The second kappa shape index (κ2) is 6.90. The molecule has 1 atom stereocenters. The van der Waals surface area contributed by atoms with E-state index in [1.165, 1.54) is 5.01 Å². The highest BCUT2D eigenvalue weighted by molar-refractivity contribution is 7.09. The Hall–Kier alpha value is -1.70. The third-order valence-electron chi connectivity index (χ3n) is 5.23. The molecule has 4 heterocycles. The van der Waals surface area contributed by atoms with Gasteiger partial charge in [0.25, 0.3) is 5.91 Å². The molecule has 2 aromatic rings. The van der Waals surface area contributed by atoms with Crippen LogP contribution in [-0.4, -0.2) is 52.2 Å². The summed E-state index contributed by atoms with van der Waals surface area (Å²) in [6.07, 6.45) is 5.93. The van der Waals surface area contributed by atoms with Gasteiger partial charge in [0, 0.05) is 44.5 Å². The summed E-state index contributed by atoms with van der Waals surface area (Å²) in [5.41, 5.74) is 0.737. The van der Waals surface area contributed by atoms with Crippen LogP contribution in [-0.2, 0) is 18.3 Å². The first-order valence-corrected chi connectivity index (χ1v) is 9.66. The van der Waals surface area contributed by atoms with Crippen LogP contribution in [0.5, 0.6) is 0 Å². The smallest absolute Gasteiger partial charge is 0.267 e. The van der Waals surface area contributed by atoms with Crippen molar-refractivity contribution in [3.63, 3.8) is 0 Å². The molecule has 134 valence electrons. The predicted molar refractivity (Wildman–Crippen MR) is 96.5 cm³/mol. The van der Waals surface area contributed by atoms with Gasteiger partial charge < -0.3 is 14.6 Å². The van der Waals surface area contributed by atoms with Gasteiger partial charge in [-0.25, -0.2) is 4.98 Å². The van der Waals surface area contributed by atoms with Crippen LogP contribution in [0.25, 0.3) is 0 Å². The predicted octanol–water partition coefficient (Wildman–Crippen LogP) is 1.89. The molecule has 2 aliphatic heterocycles. The number of likely N-dealkylation sites (tertiary alicyclic amines) is 1. The molecule has 0 saturated carbocycles. The van der Waals surface area contributed by atoms with E-state index in [0.29, 0.717) is 18.2 Å². The molecule has 2 aliphatic rings. The Labute approximate surface area is 151 Å². The zero-order valence-electron chi connectivity index (χ0n) is 14.5. The van der Waals surface area contributed by atoms with E-state index in [-0.39, 0.29) is 11.5 Å². The maximum absolute atomic E-state index is 12.2. The Balaban J connectivity index is 1.19. The minimum absolute atomic E-state index is 0.00828. The lowest BCUT2D eigenvalue weighted by atomic mass is 9.83. The molecule has 2 saturated heterocycles. The molecular weight excluding hydrogens is 336 g/mol. The SMILES string of the molecule is Cn1cccc1C(=O)NCC1CCC2(CN(Cc3nccs3)C2)OC1. The second-order valence-electron chi connectivity index (χ2n) is 7.18. The molecule has 1 spiro atoms. The number of ether oxygens (including phenoxy) is 1. The lowest BCUT2D eigenvalue weighted by molar-refractivity contribution is -0.181. The lowest BCUT2D eigenvalue weighted by Crippen LogP contribution is -2.64. The first-order chi connectivity index (χ1) is 12.1. The molecule has 25 heavy (non-hydrogen) atoms. The molecule has 4 rings (SSSR count). The standard InChI is InChI=1S/C18H24N4O2S/c1-21-7-2-3-15(21)17(23)20-9-14-4-5-18(24-11-14)12-22(13-18)10-16-19-6-8-25-16/h2-3,6-8,14H,4-5,9-13H2,1H3,(H,20,23). The monoisotopic (exact) mass is 360 g/mol. The Bertz CT molecular complexity index is 711. The van der Waals surface area contributed by atoms with Crippen LogP contribution < -0.4 is 5.32 Å². The number of carbonyl (C=O) groups is 1. The average molecular weight is 360 g/mol. The summed E-state index contributed by atoms with van der Waals surface area (Å²) in [5.74, 6) is 0.397. The van der Waals surface area contributed by atoms with Crippen molar-refractivity contribution in [1.29, 1.82) is 0 Å². The largest absolute Gasteiger partial charge is 0.372 e. The topological polar surface area (TPSA) is 59.4 Å². The number of hydrogen-bond acceptors (Lipinski definition) is 5. The van der Waals surface area contributed by atoms with Crippen molar-refractivity contribution < 1.29 is 9.53 Å². The van der Waals surface area contributed by atoms with Crippen molar-refractivity contribution in [1.82, 2.24) is 19.8 Å². The highest BCUT2D eigenvalue weighted by Crippen LogP contribution is 2.36. The number of nitrogens with zero attached hydrogens (tertiary/aromatic N) is 3. The Morgan fingerprint density at radius 2 is 2.40 bits per heavy atom. The average Bonchev–Trinajstić information content (AvgIpc) is 3.24. The molecule has 0 radical (unpaired) electrons. The number of aryl methyl sites for hydroxylation is 1. The Kier molecular flexibility index (Phi) is 4.62. The molecule has 1 unspecified atom stereocenters. The van der Waals surface area contributed by atoms with E-state index in [1.54, 1.807) is 11.3 Å². The molecule has 2 aromatic heterocycles. The quantitative estimate of drug-likeness (QED) is 0.885. The normalized spacial score (nSPS) is 22.7. The zero-order chi connectivity index (χ0) is 17.3. The summed E-state index contributed by atoms with van der Waals surface area (Å²) < 4.78 is 8.04. The van der Waals surface area contributed by atoms with Crippen LogP contribution in [0.15, 0.2) is 29.9 Å². The number of amides is 1. The van der Waals surface area contributed by atoms with E-state index in [9.17, 15) is 4.79 Å². The molecule has 6 nitrogen and oxygen atoms in total. The number of thiazole rings is 1. The maximum atomic E-state index is 12.2. The van der Waals surface area contributed by atoms with Gasteiger partial charge in [0.1, 0.15) is 10.7 Å². The highest BCUT2D eigenvalue weighted by atomic mass is 32.1. The van der Waals surface area contributed by atoms with Crippen molar-refractivity contribution in [2.75, 3.05) is 26.2 Å². The fourth-order valence-corrected chi connectivity index (χ4v) is 4.41. The molecular formula is C18H24N4O2S. The van der Waals surface area contributed by atoms with Crippen molar-refractivity contribution in [2.45, 2.75) is 25.0 Å². The van der Waals surface area contributed by atoms with Crippen molar-refractivity contribution in [3.8, 4) is 0 Å². The Morgan fingerprint density at radius 3 is 3.04 bits per heavy atom. The van der Waals surface area contributed by atoms with E-state index in [1.807, 2.05) is 41.5 Å². The van der Waals surface area contributed by atoms with Crippen molar-refractivity contribution in [2.24, 2.45) is 13.0 Å². The van der Waals surface area contributed by atoms with Crippen LogP contribution in [0.3, 0.4) is 0 Å². The van der Waals surface area contributed by atoms with E-state index in [4.69, 9.17) is 4.74 Å². The van der Waals surface area contributed by atoms with E-state index in [0.717, 1.165) is 39.1 Å². The van der Waals surface area contributed by atoms with Gasteiger partial charge in [-0.1, -0.05) is 0 Å². The summed E-state index contributed by atoms with van der Waals surface area (Å²) >= 11 is 1.71. The lowest BCUT2D eigenvalue weighted by Gasteiger charge is -2.52. The number of rotatable bonds is 5. The van der Waals surface area contributed by atoms with Gasteiger partial charge in [-0.2, -0.15) is 0 Å². The minimum Gasteiger partial charge on any atom is -0.372 e. The van der Waals surface area contributed by atoms with Crippen LogP contribution in [0.1, 0.15) is 28.3 Å². The van der Waals surface area contributed by atoms with Gasteiger partial charge in [-0.05, 0) is 30.9 Å². The van der Waals surface area contributed by atoms with Crippen LogP contribution in [0, 0.1) is 5.92 Å². The van der Waals surface area contributed by atoms with E-state index < -0.39 is 0 Å². The van der Waals surface area contributed by atoms with Crippen LogP contribution in [0.4, 0.5) is 0 Å². The van der Waals surface area contributed by atoms with Crippen molar-refractivity contribution in [3.05, 3.63) is 40.6 Å². The maximum Gasteiger partial charge on any atom is 0.267 e. The number of nitrogens with one attached hydrogen (secondary N) is 1. The van der Waals surface area contributed by atoms with E-state index in [2.05, 4.69) is 15.2 Å². The molecule has 7 heteroatoms. The van der Waals surface area contributed by atoms with Crippen LogP contribution in [0.2, 0.25) is 0 Å². The third-order valence-corrected chi connectivity index (χ3v) is 5.99. The summed E-state index contributed by atoms with van der Waals surface area (Å²) in [5, 5.41) is 6.24. The molecule has 0 aliphatic carbocycles. The Morgan fingerprint density at radius 1 is 1.52 bits per heavy atom. The minimum atomic E-state index is -0.00828. The van der Waals surface area contributed by atoms with Gasteiger partial charge in [0.05, 0.1) is 18.8 Å². The molecule has 0 bridgehead atoms. The summed E-state index contributed by atoms with van der Waals surface area (Å²) in [7, 11) is 1.89. The van der Waals surface area contributed by atoms with E-state index >= 15 is 0 Å². The number of carbonyl (C=O) groups excluding carboxylic acids is 1. The van der Waals surface area contributed by atoms with Crippen molar-refractivity contribution >= 4 is 17.2 Å². The summed E-state index contributed by atoms with van der Waals surface area (Å²) in [4.78, 5) is 18.9. The van der Waals surface area contributed by atoms with Crippen LogP contribution >= 0.6 is 11.3 Å². The van der Waals surface area contributed by atoms with Gasteiger partial charge in [0.2, 0.25) is 0 Å². The fourth-order valence-electron chi connectivity index (χ4n) is 3.76.